The topological polar surface area (TPSA) is 67.2 Å². The molecule has 0 atom stereocenters. The predicted octanol–water partition coefficient (Wildman–Crippen LogP) is 0.873. The van der Waals surface area contributed by atoms with Crippen LogP contribution in [0.3, 0.4) is 0 Å². The second-order valence-electron chi connectivity index (χ2n) is 2.28. The highest BCUT2D eigenvalue weighted by Crippen LogP contribution is 2.01. The van der Waals surface area contributed by atoms with E-state index in [9.17, 15) is 0 Å². The Morgan fingerprint density at radius 2 is 1.58 bits per heavy atom. The summed E-state index contributed by atoms with van der Waals surface area (Å²) in [5.74, 6) is 0. The molecule has 0 heterocycles. The molecule has 0 aliphatic carbocycles. The molecule has 0 amide bonds. The number of hydrogen-bond donors (Lipinski definition) is 3. The first-order valence-corrected chi connectivity index (χ1v) is 3.38. The number of hydrazine groups is 1. The van der Waals surface area contributed by atoms with Crippen LogP contribution in [-0.4, -0.2) is 26.1 Å². The van der Waals surface area contributed by atoms with E-state index < -0.39 is 0 Å². The maximum Gasteiger partial charge on any atom is 0.0699 e. The van der Waals surface area contributed by atoms with Crippen LogP contribution in [0.4, 0.5) is 0 Å². The van der Waals surface area contributed by atoms with Gasteiger partial charge in [0.1, 0.15) is 0 Å². The third kappa shape index (κ3) is 2.57. The molecule has 66 valence electrons. The average Bonchev–Trinajstić information content (AvgIpc) is 2.06. The summed E-state index contributed by atoms with van der Waals surface area (Å²) >= 11 is 0. The predicted molar refractivity (Wildman–Crippen MR) is 39.2 cm³/mol. The van der Waals surface area contributed by atoms with Gasteiger partial charge in [0.05, 0.1) is 6.54 Å². The molecule has 5 nitrogen and oxygen atoms in total. The standard InChI is InChI=1S/C7H10N2O3/c10-8(9(11)12)6-7-4-2-1-3-5-7/h1-5,10-12H,6H2. The Balaban J connectivity index is 2.53. The third-order valence-corrected chi connectivity index (χ3v) is 1.37. The fourth-order valence-corrected chi connectivity index (χ4v) is 0.810. The quantitative estimate of drug-likeness (QED) is 0.587. The number of rotatable bonds is 3. The summed E-state index contributed by atoms with van der Waals surface area (Å²) in [7, 11) is 0. The molecule has 0 unspecified atom stereocenters. The molecule has 3 N–H and O–H groups in total. The lowest BCUT2D eigenvalue weighted by Crippen LogP contribution is -2.34. The molecule has 0 saturated carbocycles. The zero-order chi connectivity index (χ0) is 8.97. The molecular formula is C7H10N2O3. The molecule has 0 saturated heterocycles. The van der Waals surface area contributed by atoms with Gasteiger partial charge in [-0.05, 0) is 5.56 Å². The van der Waals surface area contributed by atoms with Gasteiger partial charge in [0.2, 0.25) is 0 Å². The van der Waals surface area contributed by atoms with Crippen molar-refractivity contribution in [1.29, 1.82) is 0 Å². The molecular weight excluding hydrogens is 160 g/mol. The fraction of sp³-hybridized carbons (Fsp3) is 0.143. The Hall–Kier alpha value is -0.980. The number of nitrogens with zero attached hydrogens (tertiary/aromatic N) is 2. The van der Waals surface area contributed by atoms with E-state index >= 15 is 0 Å². The van der Waals surface area contributed by atoms with E-state index in [0.29, 0.717) is 0 Å². The SMILES string of the molecule is ON(O)N(O)Cc1ccccc1. The van der Waals surface area contributed by atoms with Gasteiger partial charge in [-0.25, -0.2) is 0 Å². The summed E-state index contributed by atoms with van der Waals surface area (Å²) in [6, 6.07) is 8.94. The molecule has 1 rings (SSSR count). The molecule has 0 fully saturated rings. The molecule has 0 spiro atoms. The number of benzene rings is 1. The number of hydroxylamine groups is 1. The third-order valence-electron chi connectivity index (χ3n) is 1.37. The number of hydrogen-bond acceptors (Lipinski definition) is 5. The highest BCUT2D eigenvalue weighted by molar-refractivity contribution is 5.13. The second kappa shape index (κ2) is 4.15. The summed E-state index contributed by atoms with van der Waals surface area (Å²) < 4.78 is 0. The summed E-state index contributed by atoms with van der Waals surface area (Å²) in [5, 5.41) is 25.4. The lowest BCUT2D eigenvalue weighted by Gasteiger charge is -2.16. The monoisotopic (exact) mass is 170 g/mol. The Morgan fingerprint density at radius 1 is 1.00 bits per heavy atom. The van der Waals surface area contributed by atoms with Crippen LogP contribution >= 0.6 is 0 Å². The van der Waals surface area contributed by atoms with Crippen molar-refractivity contribution in [3.05, 3.63) is 35.9 Å². The van der Waals surface area contributed by atoms with Crippen LogP contribution in [0.25, 0.3) is 0 Å². The van der Waals surface area contributed by atoms with E-state index in [1.165, 1.54) is 0 Å². The zero-order valence-corrected chi connectivity index (χ0v) is 6.33. The minimum absolute atomic E-state index is 0.0217. The van der Waals surface area contributed by atoms with Crippen molar-refractivity contribution < 1.29 is 15.6 Å². The van der Waals surface area contributed by atoms with Gasteiger partial charge in [-0.2, -0.15) is 0 Å². The average molecular weight is 170 g/mol. The Labute approximate surface area is 69.5 Å². The van der Waals surface area contributed by atoms with E-state index in [2.05, 4.69) is 0 Å². The summed E-state index contributed by atoms with van der Waals surface area (Å²) in [5.41, 5.74) is 0.771. The molecule has 1 aromatic rings. The Morgan fingerprint density at radius 3 is 2.08 bits per heavy atom. The van der Waals surface area contributed by atoms with Crippen molar-refractivity contribution in [1.82, 2.24) is 10.5 Å². The van der Waals surface area contributed by atoms with Crippen molar-refractivity contribution in [3.8, 4) is 0 Å². The highest BCUT2D eigenvalue weighted by atomic mass is 16.9. The maximum absolute atomic E-state index is 8.84. The van der Waals surface area contributed by atoms with Crippen LogP contribution in [0.2, 0.25) is 0 Å². The van der Waals surface area contributed by atoms with Gasteiger partial charge in [-0.1, -0.05) is 35.5 Å². The van der Waals surface area contributed by atoms with Gasteiger partial charge in [0, 0.05) is 5.34 Å². The van der Waals surface area contributed by atoms with Gasteiger partial charge >= 0.3 is 0 Å². The molecule has 0 aliphatic heterocycles. The summed E-state index contributed by atoms with van der Waals surface area (Å²) in [6.45, 7) is 0.0217. The fourth-order valence-electron chi connectivity index (χ4n) is 0.810. The van der Waals surface area contributed by atoms with E-state index in [1.54, 1.807) is 24.3 Å². The Bertz CT molecular complexity index is 227. The molecule has 5 heteroatoms. The van der Waals surface area contributed by atoms with E-state index in [4.69, 9.17) is 15.6 Å². The molecule has 0 aliphatic rings. The first-order valence-electron chi connectivity index (χ1n) is 3.38. The first kappa shape index (κ1) is 9.11. The van der Waals surface area contributed by atoms with Crippen LogP contribution in [0.15, 0.2) is 30.3 Å². The lowest BCUT2D eigenvalue weighted by atomic mass is 10.2. The van der Waals surface area contributed by atoms with Crippen LogP contribution in [0.5, 0.6) is 0 Å². The minimum Gasteiger partial charge on any atom is -0.295 e. The van der Waals surface area contributed by atoms with E-state index in [-0.39, 0.29) is 17.1 Å². The molecule has 1 aromatic carbocycles. The Kier molecular flexibility index (Phi) is 3.15. The van der Waals surface area contributed by atoms with Crippen molar-refractivity contribution in [3.63, 3.8) is 0 Å². The smallest absolute Gasteiger partial charge is 0.0699 e. The van der Waals surface area contributed by atoms with Crippen molar-refractivity contribution in [2.75, 3.05) is 0 Å². The van der Waals surface area contributed by atoms with Gasteiger partial charge in [0.15, 0.2) is 0 Å². The van der Waals surface area contributed by atoms with E-state index in [1.807, 2.05) is 6.07 Å². The van der Waals surface area contributed by atoms with Crippen molar-refractivity contribution >= 4 is 0 Å². The normalized spacial score (nSPS) is 11.1. The highest BCUT2D eigenvalue weighted by Gasteiger charge is 2.06. The lowest BCUT2D eigenvalue weighted by molar-refractivity contribution is -0.497. The summed E-state index contributed by atoms with van der Waals surface area (Å²) in [4.78, 5) is 0. The van der Waals surface area contributed by atoms with Crippen LogP contribution < -0.4 is 0 Å². The zero-order valence-electron chi connectivity index (χ0n) is 6.33. The van der Waals surface area contributed by atoms with Crippen molar-refractivity contribution in [2.24, 2.45) is 0 Å². The summed E-state index contributed by atoms with van der Waals surface area (Å²) in [6.07, 6.45) is 0. The van der Waals surface area contributed by atoms with E-state index in [0.717, 1.165) is 5.56 Å². The van der Waals surface area contributed by atoms with Gasteiger partial charge < -0.3 is 0 Å². The van der Waals surface area contributed by atoms with Gasteiger partial charge in [-0.15, -0.1) is 0 Å². The van der Waals surface area contributed by atoms with Gasteiger partial charge in [0.25, 0.3) is 0 Å². The van der Waals surface area contributed by atoms with Crippen molar-refractivity contribution in [2.45, 2.75) is 6.54 Å². The molecule has 0 bridgehead atoms. The second-order valence-corrected chi connectivity index (χ2v) is 2.28. The maximum atomic E-state index is 8.84. The minimum atomic E-state index is -0.368. The first-order chi connectivity index (χ1) is 5.70. The largest absolute Gasteiger partial charge is 0.295 e. The molecule has 12 heavy (non-hydrogen) atoms. The molecule has 0 aromatic heterocycles. The van der Waals surface area contributed by atoms with Crippen LogP contribution in [-0.2, 0) is 6.54 Å². The van der Waals surface area contributed by atoms with Gasteiger partial charge in [-0.3, -0.25) is 15.6 Å². The molecule has 0 radical (unpaired) electrons. The van der Waals surface area contributed by atoms with Crippen LogP contribution in [0.1, 0.15) is 5.56 Å². The van der Waals surface area contributed by atoms with Crippen LogP contribution in [0, 0.1) is 0 Å².